The zero-order valence-corrected chi connectivity index (χ0v) is 18.0. The fourth-order valence-electron chi connectivity index (χ4n) is 4.42. The van der Waals surface area contributed by atoms with Crippen molar-refractivity contribution in [2.24, 2.45) is 0 Å². The minimum Gasteiger partial charge on any atom is -0.459 e. The van der Waals surface area contributed by atoms with Crippen LogP contribution in [0.15, 0.2) is 41.4 Å². The Bertz CT molecular complexity index is 1110. The van der Waals surface area contributed by atoms with Gasteiger partial charge in [-0.05, 0) is 37.1 Å². The first-order valence-electron chi connectivity index (χ1n) is 10.6. The molecule has 1 saturated carbocycles. The number of hydrogen-bond acceptors (Lipinski definition) is 6. The summed E-state index contributed by atoms with van der Waals surface area (Å²) in [6, 6.07) is 6.08. The van der Waals surface area contributed by atoms with Crippen LogP contribution in [0.4, 0.5) is 13.2 Å². The average molecular weight is 469 g/mol. The molecule has 2 saturated heterocycles. The second kappa shape index (κ2) is 7.96. The second-order valence-corrected chi connectivity index (χ2v) is 10.5. The SMILES string of the molecule is O=S(=O)(c1cccc(C(F)(F)F)c1)N1CCN2C[C@H](Oc3nccc(C4CC4)n3)C[C@H]2C1. The first-order valence-corrected chi connectivity index (χ1v) is 12.1. The van der Waals surface area contributed by atoms with Crippen LogP contribution in [0.1, 0.15) is 36.4 Å². The molecule has 1 aliphatic carbocycles. The summed E-state index contributed by atoms with van der Waals surface area (Å²) in [5.74, 6) is 0.491. The van der Waals surface area contributed by atoms with Crippen LogP contribution in [0, 0.1) is 0 Å². The van der Waals surface area contributed by atoms with Gasteiger partial charge in [0, 0.05) is 50.8 Å². The molecule has 0 radical (unpaired) electrons. The van der Waals surface area contributed by atoms with E-state index in [0.29, 0.717) is 37.5 Å². The predicted octanol–water partition coefficient (Wildman–Crippen LogP) is 2.90. The summed E-state index contributed by atoms with van der Waals surface area (Å²) >= 11 is 0. The Kier molecular flexibility index (Phi) is 5.37. The van der Waals surface area contributed by atoms with Crippen LogP contribution in [0.3, 0.4) is 0 Å². The van der Waals surface area contributed by atoms with Crippen molar-refractivity contribution < 1.29 is 26.3 Å². The normalized spacial score (nSPS) is 25.0. The molecule has 2 aromatic rings. The van der Waals surface area contributed by atoms with Crippen LogP contribution in [0.2, 0.25) is 0 Å². The van der Waals surface area contributed by atoms with E-state index in [1.165, 1.54) is 10.4 Å². The molecular formula is C21H23F3N4O3S. The van der Waals surface area contributed by atoms with Gasteiger partial charge in [-0.1, -0.05) is 6.07 Å². The number of sulfonamides is 1. The van der Waals surface area contributed by atoms with Crippen molar-refractivity contribution in [2.45, 2.75) is 48.4 Å². The van der Waals surface area contributed by atoms with Crippen LogP contribution in [-0.4, -0.2) is 65.9 Å². The maximum absolute atomic E-state index is 13.0. The van der Waals surface area contributed by atoms with Gasteiger partial charge in [-0.2, -0.15) is 22.5 Å². The largest absolute Gasteiger partial charge is 0.459 e. The van der Waals surface area contributed by atoms with Crippen LogP contribution >= 0.6 is 0 Å². The van der Waals surface area contributed by atoms with Gasteiger partial charge < -0.3 is 4.74 Å². The summed E-state index contributed by atoms with van der Waals surface area (Å²) in [6.45, 7) is 1.56. The number of hydrogen-bond donors (Lipinski definition) is 0. The molecule has 0 spiro atoms. The van der Waals surface area contributed by atoms with Crippen LogP contribution in [0.25, 0.3) is 0 Å². The molecule has 1 aromatic carbocycles. The molecule has 0 bridgehead atoms. The van der Waals surface area contributed by atoms with Crippen molar-refractivity contribution in [3.8, 4) is 6.01 Å². The second-order valence-electron chi connectivity index (χ2n) is 8.55. The van der Waals surface area contributed by atoms with Gasteiger partial charge in [-0.3, -0.25) is 4.90 Å². The quantitative estimate of drug-likeness (QED) is 0.672. The van der Waals surface area contributed by atoms with Crippen molar-refractivity contribution >= 4 is 10.0 Å². The molecule has 1 aromatic heterocycles. The first kappa shape index (κ1) is 21.6. The minimum absolute atomic E-state index is 0.0686. The molecule has 11 heteroatoms. The molecule has 0 N–H and O–H groups in total. The van der Waals surface area contributed by atoms with Gasteiger partial charge in [0.25, 0.3) is 0 Å². The average Bonchev–Trinajstić information content (AvgIpc) is 3.53. The van der Waals surface area contributed by atoms with Crippen molar-refractivity contribution in [1.29, 1.82) is 0 Å². The molecule has 172 valence electrons. The Morgan fingerprint density at radius 1 is 1.09 bits per heavy atom. The summed E-state index contributed by atoms with van der Waals surface area (Å²) in [5.41, 5.74) is 0.0176. The summed E-state index contributed by atoms with van der Waals surface area (Å²) in [4.78, 5) is 10.5. The molecule has 7 nitrogen and oxygen atoms in total. The molecule has 0 unspecified atom stereocenters. The lowest BCUT2D eigenvalue weighted by molar-refractivity contribution is -0.137. The van der Waals surface area contributed by atoms with Crippen molar-refractivity contribution in [3.63, 3.8) is 0 Å². The Morgan fingerprint density at radius 2 is 1.91 bits per heavy atom. The summed E-state index contributed by atoms with van der Waals surface area (Å²) in [5, 5.41) is 0. The fourth-order valence-corrected chi connectivity index (χ4v) is 5.93. The highest BCUT2D eigenvalue weighted by molar-refractivity contribution is 7.89. The van der Waals surface area contributed by atoms with Gasteiger partial charge in [0.15, 0.2) is 0 Å². The Labute approximate surface area is 184 Å². The maximum atomic E-state index is 13.0. The highest BCUT2D eigenvalue weighted by Crippen LogP contribution is 2.39. The van der Waals surface area contributed by atoms with E-state index in [1.807, 2.05) is 6.07 Å². The molecule has 0 amide bonds. The number of benzene rings is 1. The topological polar surface area (TPSA) is 75.6 Å². The lowest BCUT2D eigenvalue weighted by atomic mass is 10.2. The standard InChI is InChI=1S/C21H23F3N4O3S/c22-21(23,24)15-2-1-3-18(10-15)32(29,30)28-9-8-27-13-17(11-16(27)12-28)31-20-25-7-6-19(26-20)14-4-5-14/h1-3,6-7,10,14,16-17H,4-5,8-9,11-13H2/t16-,17+/m0/s1. The van der Waals surface area contributed by atoms with E-state index in [0.717, 1.165) is 30.7 Å². The third-order valence-electron chi connectivity index (χ3n) is 6.26. The third kappa shape index (κ3) is 4.33. The number of nitrogens with zero attached hydrogens (tertiary/aromatic N) is 4. The van der Waals surface area contributed by atoms with E-state index in [2.05, 4.69) is 14.9 Å². The van der Waals surface area contributed by atoms with Gasteiger partial charge >= 0.3 is 12.2 Å². The monoisotopic (exact) mass is 468 g/mol. The Hall–Kier alpha value is -2.24. The predicted molar refractivity (Wildman–Crippen MR) is 109 cm³/mol. The highest BCUT2D eigenvalue weighted by atomic mass is 32.2. The number of rotatable bonds is 5. The van der Waals surface area contributed by atoms with Gasteiger partial charge in [-0.25, -0.2) is 13.4 Å². The van der Waals surface area contributed by atoms with Crippen LogP contribution in [0.5, 0.6) is 6.01 Å². The highest BCUT2D eigenvalue weighted by Gasteiger charge is 2.41. The number of aromatic nitrogens is 2. The molecule has 2 atom stereocenters. The van der Waals surface area contributed by atoms with Crippen LogP contribution in [-0.2, 0) is 16.2 Å². The Morgan fingerprint density at radius 3 is 2.66 bits per heavy atom. The fraction of sp³-hybridized carbons (Fsp3) is 0.524. The molecule has 2 aliphatic heterocycles. The number of alkyl halides is 3. The van der Waals surface area contributed by atoms with Crippen molar-refractivity contribution in [1.82, 2.24) is 19.2 Å². The van der Waals surface area contributed by atoms with Gasteiger partial charge in [0.2, 0.25) is 10.0 Å². The summed E-state index contributed by atoms with van der Waals surface area (Å²) in [6.07, 6.45) is -0.199. The zero-order chi connectivity index (χ0) is 22.5. The van der Waals surface area contributed by atoms with Gasteiger partial charge in [0.05, 0.1) is 16.2 Å². The molecule has 5 rings (SSSR count). The number of fused-ring (bicyclic) bond motifs is 1. The maximum Gasteiger partial charge on any atom is 0.416 e. The molecule has 3 fully saturated rings. The van der Waals surface area contributed by atoms with Gasteiger partial charge in [-0.15, -0.1) is 0 Å². The van der Waals surface area contributed by atoms with E-state index < -0.39 is 21.8 Å². The first-order chi connectivity index (χ1) is 15.2. The molecule has 3 heterocycles. The summed E-state index contributed by atoms with van der Waals surface area (Å²) in [7, 11) is -4.03. The van der Waals surface area contributed by atoms with Gasteiger partial charge in [0.1, 0.15) is 6.10 Å². The van der Waals surface area contributed by atoms with E-state index in [1.54, 1.807) is 6.20 Å². The summed E-state index contributed by atoms with van der Waals surface area (Å²) < 4.78 is 72.4. The number of piperazine rings is 1. The van der Waals surface area contributed by atoms with Crippen molar-refractivity contribution in [3.05, 3.63) is 47.8 Å². The van der Waals surface area contributed by atoms with E-state index >= 15 is 0 Å². The van der Waals surface area contributed by atoms with Crippen LogP contribution < -0.4 is 4.74 Å². The lowest BCUT2D eigenvalue weighted by Crippen LogP contribution is -2.51. The molecular weight excluding hydrogens is 445 g/mol. The number of halogens is 3. The molecule has 3 aliphatic rings. The minimum atomic E-state index is -4.60. The van der Waals surface area contributed by atoms with Crippen molar-refractivity contribution in [2.75, 3.05) is 26.2 Å². The molecule has 32 heavy (non-hydrogen) atoms. The third-order valence-corrected chi connectivity index (χ3v) is 8.12. The van der Waals surface area contributed by atoms with E-state index in [4.69, 9.17) is 4.74 Å². The zero-order valence-electron chi connectivity index (χ0n) is 17.2. The number of ether oxygens (including phenoxy) is 1. The van der Waals surface area contributed by atoms with E-state index in [-0.39, 0.29) is 30.1 Å². The Balaban J connectivity index is 1.26. The van der Waals surface area contributed by atoms with E-state index in [9.17, 15) is 21.6 Å². The smallest absolute Gasteiger partial charge is 0.416 e. The lowest BCUT2D eigenvalue weighted by Gasteiger charge is -2.36.